The Kier molecular flexibility index (Phi) is 4.97. The van der Waals surface area contributed by atoms with E-state index in [-0.39, 0.29) is 5.54 Å². The molecule has 0 saturated carbocycles. The lowest BCUT2D eigenvalue weighted by Gasteiger charge is -2.30. The van der Waals surface area contributed by atoms with Crippen molar-refractivity contribution in [3.8, 4) is 0 Å². The molecule has 1 rings (SSSR count). The summed E-state index contributed by atoms with van der Waals surface area (Å²) in [4.78, 5) is 4.33. The molecule has 1 aromatic rings. The highest BCUT2D eigenvalue weighted by molar-refractivity contribution is 5.11. The van der Waals surface area contributed by atoms with Gasteiger partial charge >= 0.3 is 0 Å². The first-order chi connectivity index (χ1) is 8.29. The van der Waals surface area contributed by atoms with Gasteiger partial charge in [0, 0.05) is 12.7 Å². The van der Waals surface area contributed by atoms with E-state index in [0.29, 0.717) is 17.8 Å². The second kappa shape index (κ2) is 5.87. The Morgan fingerprint density at radius 2 is 1.78 bits per heavy atom. The summed E-state index contributed by atoms with van der Waals surface area (Å²) >= 11 is 0. The van der Waals surface area contributed by atoms with E-state index >= 15 is 0 Å². The van der Waals surface area contributed by atoms with Crippen molar-refractivity contribution in [3.63, 3.8) is 0 Å². The van der Waals surface area contributed by atoms with Crippen LogP contribution >= 0.6 is 0 Å². The van der Waals surface area contributed by atoms with Gasteiger partial charge in [0.25, 0.3) is 0 Å². The first kappa shape index (κ1) is 15.2. The molecule has 18 heavy (non-hydrogen) atoms. The van der Waals surface area contributed by atoms with Crippen LogP contribution in [0.3, 0.4) is 0 Å². The molecule has 0 bridgehead atoms. The van der Waals surface area contributed by atoms with E-state index in [0.717, 1.165) is 6.54 Å². The summed E-state index contributed by atoms with van der Waals surface area (Å²) in [5.74, 6) is 2.07. The van der Waals surface area contributed by atoms with Gasteiger partial charge in [-0.25, -0.2) is 4.98 Å². The van der Waals surface area contributed by atoms with Crippen molar-refractivity contribution in [1.29, 1.82) is 0 Å². The highest BCUT2D eigenvalue weighted by atomic mass is 15.1. The second-order valence-electron chi connectivity index (χ2n) is 6.46. The molecule has 1 N–H and O–H groups in total. The normalized spacial score (nSPS) is 13.0. The Morgan fingerprint density at radius 1 is 1.22 bits per heavy atom. The van der Waals surface area contributed by atoms with Crippen LogP contribution in [0, 0.1) is 17.8 Å². The Balaban J connectivity index is 2.95. The zero-order valence-electron chi connectivity index (χ0n) is 13.0. The highest BCUT2D eigenvalue weighted by Crippen LogP contribution is 2.26. The van der Waals surface area contributed by atoms with Crippen LogP contribution in [-0.4, -0.2) is 16.6 Å². The van der Waals surface area contributed by atoms with Gasteiger partial charge < -0.3 is 9.88 Å². The minimum atomic E-state index is -0.0327. The molecule has 1 heterocycles. The molecular formula is C15H29N3. The van der Waals surface area contributed by atoms with Gasteiger partial charge in [-0.1, -0.05) is 27.7 Å². The Labute approximate surface area is 112 Å². The number of imidazole rings is 1. The summed E-state index contributed by atoms with van der Waals surface area (Å²) in [6, 6.07) is 0. The van der Waals surface area contributed by atoms with Gasteiger partial charge in [0.2, 0.25) is 0 Å². The molecule has 0 radical (unpaired) electrons. The average Bonchev–Trinajstić information content (AvgIpc) is 2.73. The summed E-state index contributed by atoms with van der Waals surface area (Å²) in [5.41, 5.74) is 1.23. The summed E-state index contributed by atoms with van der Waals surface area (Å²) in [6.45, 7) is 14.7. The van der Waals surface area contributed by atoms with E-state index in [1.807, 2.05) is 19.6 Å². The number of hydrogen-bond donors (Lipinski definition) is 1. The van der Waals surface area contributed by atoms with Gasteiger partial charge in [0.1, 0.15) is 0 Å². The molecule has 0 aromatic carbocycles. The summed E-state index contributed by atoms with van der Waals surface area (Å²) in [5, 5.41) is 3.35. The number of aromatic nitrogens is 2. The molecule has 0 aliphatic rings. The fourth-order valence-electron chi connectivity index (χ4n) is 2.53. The van der Waals surface area contributed by atoms with E-state index in [2.05, 4.69) is 56.4 Å². The quantitative estimate of drug-likeness (QED) is 0.841. The Hall–Kier alpha value is -0.830. The zero-order chi connectivity index (χ0) is 13.9. The van der Waals surface area contributed by atoms with Crippen molar-refractivity contribution < 1.29 is 0 Å². The van der Waals surface area contributed by atoms with Crippen LogP contribution in [-0.2, 0) is 12.1 Å². The maximum atomic E-state index is 4.33. The molecule has 0 aliphatic carbocycles. The molecule has 3 heteroatoms. The van der Waals surface area contributed by atoms with Gasteiger partial charge in [0.15, 0.2) is 0 Å². The van der Waals surface area contributed by atoms with E-state index in [9.17, 15) is 0 Å². The van der Waals surface area contributed by atoms with Gasteiger partial charge in [0.05, 0.1) is 17.6 Å². The molecule has 104 valence electrons. The number of nitrogens with one attached hydrogen (secondary N) is 1. The van der Waals surface area contributed by atoms with Crippen molar-refractivity contribution >= 4 is 0 Å². The molecule has 0 amide bonds. The van der Waals surface area contributed by atoms with Crippen LogP contribution in [0.2, 0.25) is 0 Å². The second-order valence-corrected chi connectivity index (χ2v) is 6.46. The van der Waals surface area contributed by atoms with Crippen LogP contribution in [0.5, 0.6) is 0 Å². The first-order valence-corrected chi connectivity index (χ1v) is 6.99. The molecule has 0 atom stereocenters. The summed E-state index contributed by atoms with van der Waals surface area (Å²) < 4.78 is 2.31. The summed E-state index contributed by atoms with van der Waals surface area (Å²) in [6.07, 6.45) is 3.94. The van der Waals surface area contributed by atoms with E-state index < -0.39 is 0 Å². The van der Waals surface area contributed by atoms with Gasteiger partial charge in [-0.05, 0) is 38.6 Å². The standard InChI is InChI=1S/C15H29N3/c1-11(2)13(12(3)4)9-18-10-17-8-14(18)15(5,6)16-7/h8,10-13,16H,9H2,1-7H3. The van der Waals surface area contributed by atoms with Crippen molar-refractivity contribution in [2.45, 2.75) is 53.6 Å². The van der Waals surface area contributed by atoms with Crippen LogP contribution in [0.1, 0.15) is 47.2 Å². The third-order valence-corrected chi connectivity index (χ3v) is 4.10. The van der Waals surface area contributed by atoms with Gasteiger partial charge in [-0.15, -0.1) is 0 Å². The number of nitrogens with zero attached hydrogens (tertiary/aromatic N) is 2. The molecule has 0 saturated heterocycles. The predicted octanol–water partition coefficient (Wildman–Crippen LogP) is 3.27. The number of rotatable bonds is 6. The topological polar surface area (TPSA) is 29.9 Å². The van der Waals surface area contributed by atoms with E-state index in [1.165, 1.54) is 5.69 Å². The Morgan fingerprint density at radius 3 is 2.22 bits per heavy atom. The highest BCUT2D eigenvalue weighted by Gasteiger charge is 2.25. The first-order valence-electron chi connectivity index (χ1n) is 6.99. The maximum absolute atomic E-state index is 4.33. The van der Waals surface area contributed by atoms with Crippen molar-refractivity contribution in [2.75, 3.05) is 7.05 Å². The monoisotopic (exact) mass is 251 g/mol. The van der Waals surface area contributed by atoms with Crippen LogP contribution in [0.15, 0.2) is 12.5 Å². The third kappa shape index (κ3) is 3.35. The van der Waals surface area contributed by atoms with E-state index in [1.54, 1.807) is 0 Å². The van der Waals surface area contributed by atoms with Gasteiger partial charge in [-0.2, -0.15) is 0 Å². The SMILES string of the molecule is CNC(C)(C)c1cncn1CC(C(C)C)C(C)C. The average molecular weight is 251 g/mol. The lowest BCUT2D eigenvalue weighted by atomic mass is 9.85. The molecule has 0 fully saturated rings. The van der Waals surface area contributed by atoms with Crippen molar-refractivity contribution in [3.05, 3.63) is 18.2 Å². The van der Waals surface area contributed by atoms with Crippen molar-refractivity contribution in [1.82, 2.24) is 14.9 Å². The molecule has 0 unspecified atom stereocenters. The minimum Gasteiger partial charge on any atom is -0.333 e. The smallest absolute Gasteiger partial charge is 0.0948 e. The third-order valence-electron chi connectivity index (χ3n) is 4.10. The maximum Gasteiger partial charge on any atom is 0.0948 e. The minimum absolute atomic E-state index is 0.0327. The Bertz CT molecular complexity index is 356. The van der Waals surface area contributed by atoms with Crippen molar-refractivity contribution in [2.24, 2.45) is 17.8 Å². The predicted molar refractivity (Wildman–Crippen MR) is 77.5 cm³/mol. The van der Waals surface area contributed by atoms with Gasteiger partial charge in [-0.3, -0.25) is 0 Å². The zero-order valence-corrected chi connectivity index (χ0v) is 13.0. The van der Waals surface area contributed by atoms with Crippen LogP contribution in [0.4, 0.5) is 0 Å². The lowest BCUT2D eigenvalue weighted by Crippen LogP contribution is -2.36. The molecule has 0 spiro atoms. The molecule has 1 aromatic heterocycles. The largest absolute Gasteiger partial charge is 0.333 e. The van der Waals surface area contributed by atoms with Crippen LogP contribution < -0.4 is 5.32 Å². The fourth-order valence-corrected chi connectivity index (χ4v) is 2.53. The molecular weight excluding hydrogens is 222 g/mol. The summed E-state index contributed by atoms with van der Waals surface area (Å²) in [7, 11) is 2.00. The molecule has 3 nitrogen and oxygen atoms in total. The van der Waals surface area contributed by atoms with E-state index in [4.69, 9.17) is 0 Å². The van der Waals surface area contributed by atoms with Crippen LogP contribution in [0.25, 0.3) is 0 Å². The fraction of sp³-hybridized carbons (Fsp3) is 0.800. The number of hydrogen-bond acceptors (Lipinski definition) is 2. The lowest BCUT2D eigenvalue weighted by molar-refractivity contribution is 0.243. The molecule has 0 aliphatic heterocycles.